The summed E-state index contributed by atoms with van der Waals surface area (Å²) in [7, 11) is -2.88. The highest BCUT2D eigenvalue weighted by atomic mass is 32.2. The van der Waals surface area contributed by atoms with Crippen molar-refractivity contribution in [1.82, 2.24) is 10.2 Å². The first kappa shape index (κ1) is 19.1. The topological polar surface area (TPSA) is 62.6 Å². The molecule has 3 rings (SSSR count). The minimum Gasteiger partial charge on any atom is -0.460 e. The lowest BCUT2D eigenvalue weighted by Crippen LogP contribution is -2.43. The third kappa shape index (κ3) is 5.69. The van der Waals surface area contributed by atoms with Gasteiger partial charge in [-0.05, 0) is 45.0 Å². The molecule has 142 valence electrons. The lowest BCUT2D eigenvalue weighted by atomic mass is 10.1. The van der Waals surface area contributed by atoms with E-state index in [1.807, 2.05) is 12.1 Å². The van der Waals surface area contributed by atoms with E-state index < -0.39 is 9.84 Å². The average Bonchev–Trinajstić information content (AvgIpc) is 3.08. The Bertz CT molecular complexity index is 804. The normalized spacial score (nSPS) is 16.8. The highest BCUT2D eigenvalue weighted by Crippen LogP contribution is 2.22. The Hall–Kier alpha value is -1.63. The van der Waals surface area contributed by atoms with Gasteiger partial charge in [0.2, 0.25) is 0 Å². The van der Waals surface area contributed by atoms with Crippen LogP contribution in [-0.4, -0.2) is 51.0 Å². The summed E-state index contributed by atoms with van der Waals surface area (Å²) >= 11 is 0. The minimum absolute atomic E-state index is 0.249. The molecule has 1 fully saturated rings. The van der Waals surface area contributed by atoms with Gasteiger partial charge in [-0.2, -0.15) is 0 Å². The van der Waals surface area contributed by atoms with Crippen LogP contribution >= 0.6 is 0 Å². The Labute approximate surface area is 156 Å². The summed E-state index contributed by atoms with van der Waals surface area (Å²) in [6, 6.07) is 12.9. The molecular formula is C20H28N2O3S. The van der Waals surface area contributed by atoms with Crippen LogP contribution in [0.1, 0.15) is 24.2 Å². The summed E-state index contributed by atoms with van der Waals surface area (Å²) in [6.07, 6.45) is 3.38. The molecule has 0 spiro atoms. The van der Waals surface area contributed by atoms with E-state index in [0.717, 1.165) is 49.6 Å². The molecule has 26 heavy (non-hydrogen) atoms. The summed E-state index contributed by atoms with van der Waals surface area (Å²) in [6.45, 7) is 5.33. The number of piperidine rings is 1. The van der Waals surface area contributed by atoms with Gasteiger partial charge in [-0.3, -0.25) is 0 Å². The highest BCUT2D eigenvalue weighted by Gasteiger charge is 2.20. The zero-order valence-corrected chi connectivity index (χ0v) is 16.4. The number of nitrogens with one attached hydrogen (secondary N) is 1. The third-order valence-corrected chi connectivity index (χ3v) is 5.85. The molecule has 0 amide bonds. The molecule has 0 radical (unpaired) electrons. The fraction of sp³-hybridized carbons (Fsp3) is 0.500. The smallest absolute Gasteiger partial charge is 0.148 e. The second kappa shape index (κ2) is 8.37. The lowest BCUT2D eigenvalue weighted by Gasteiger charge is -2.32. The van der Waals surface area contributed by atoms with Gasteiger partial charge in [0.15, 0.2) is 0 Å². The Morgan fingerprint density at radius 3 is 2.46 bits per heavy atom. The molecule has 1 aliphatic heterocycles. The highest BCUT2D eigenvalue weighted by molar-refractivity contribution is 7.90. The summed E-state index contributed by atoms with van der Waals surface area (Å²) in [5, 5.41) is 3.57. The van der Waals surface area contributed by atoms with E-state index in [-0.39, 0.29) is 5.75 Å². The maximum absolute atomic E-state index is 11.3. The second-order valence-corrected chi connectivity index (χ2v) is 9.52. The standard InChI is InChI=1S/C20H28N2O3S/c1-16-3-5-17(6-4-16)20-8-7-19(25-20)15-21-18-9-11-22(12-10-18)13-14-26(2,23)24/h3-8,18,21H,9-15H2,1-2H3. The van der Waals surface area contributed by atoms with Crippen molar-refractivity contribution in [3.8, 4) is 11.3 Å². The van der Waals surface area contributed by atoms with Gasteiger partial charge < -0.3 is 14.6 Å². The van der Waals surface area contributed by atoms with Crippen LogP contribution in [0.3, 0.4) is 0 Å². The molecule has 1 aromatic heterocycles. The Balaban J connectivity index is 1.43. The fourth-order valence-corrected chi connectivity index (χ4v) is 3.84. The van der Waals surface area contributed by atoms with Crippen LogP contribution in [0.25, 0.3) is 11.3 Å². The molecule has 1 N–H and O–H groups in total. The zero-order chi connectivity index (χ0) is 18.6. The van der Waals surface area contributed by atoms with Crippen LogP contribution in [0.2, 0.25) is 0 Å². The van der Waals surface area contributed by atoms with E-state index in [1.54, 1.807) is 0 Å². The number of likely N-dealkylation sites (tertiary alicyclic amines) is 1. The average molecular weight is 377 g/mol. The number of rotatable bonds is 7. The van der Waals surface area contributed by atoms with Crippen molar-refractivity contribution in [2.45, 2.75) is 32.4 Å². The number of furan rings is 1. The quantitative estimate of drug-likeness (QED) is 0.805. The largest absolute Gasteiger partial charge is 0.460 e. The Morgan fingerprint density at radius 2 is 1.81 bits per heavy atom. The first-order chi connectivity index (χ1) is 12.4. The molecule has 0 atom stereocenters. The number of hydrogen-bond acceptors (Lipinski definition) is 5. The number of benzene rings is 1. The van der Waals surface area contributed by atoms with Crippen LogP contribution in [0.5, 0.6) is 0 Å². The van der Waals surface area contributed by atoms with Gasteiger partial charge in [0.05, 0.1) is 12.3 Å². The molecule has 6 heteroatoms. The molecule has 1 aliphatic rings. The predicted molar refractivity (Wildman–Crippen MR) is 105 cm³/mol. The van der Waals surface area contributed by atoms with Crippen molar-refractivity contribution in [3.63, 3.8) is 0 Å². The summed E-state index contributed by atoms with van der Waals surface area (Å²) < 4.78 is 28.5. The number of sulfone groups is 1. The number of nitrogens with zero attached hydrogens (tertiary/aromatic N) is 1. The van der Waals surface area contributed by atoms with Crippen molar-refractivity contribution in [3.05, 3.63) is 47.7 Å². The molecule has 2 heterocycles. The molecular weight excluding hydrogens is 348 g/mol. The fourth-order valence-electron chi connectivity index (χ4n) is 3.25. The van der Waals surface area contributed by atoms with Gasteiger partial charge in [-0.25, -0.2) is 8.42 Å². The molecule has 0 unspecified atom stereocenters. The minimum atomic E-state index is -2.88. The molecule has 0 bridgehead atoms. The van der Waals surface area contributed by atoms with Gasteiger partial charge in [-0.15, -0.1) is 0 Å². The summed E-state index contributed by atoms with van der Waals surface area (Å²) in [4.78, 5) is 2.24. The number of hydrogen-bond donors (Lipinski definition) is 1. The molecule has 2 aromatic rings. The van der Waals surface area contributed by atoms with Crippen molar-refractivity contribution in [2.24, 2.45) is 0 Å². The van der Waals surface area contributed by atoms with Gasteiger partial charge in [0.25, 0.3) is 0 Å². The van der Waals surface area contributed by atoms with E-state index in [0.29, 0.717) is 12.6 Å². The van der Waals surface area contributed by atoms with Crippen molar-refractivity contribution >= 4 is 9.84 Å². The van der Waals surface area contributed by atoms with Gasteiger partial charge in [-0.1, -0.05) is 29.8 Å². The first-order valence-electron chi connectivity index (χ1n) is 9.18. The zero-order valence-electron chi connectivity index (χ0n) is 15.6. The van der Waals surface area contributed by atoms with Crippen molar-refractivity contribution in [1.29, 1.82) is 0 Å². The van der Waals surface area contributed by atoms with E-state index in [1.165, 1.54) is 11.8 Å². The van der Waals surface area contributed by atoms with E-state index in [2.05, 4.69) is 41.4 Å². The number of aryl methyl sites for hydroxylation is 1. The van der Waals surface area contributed by atoms with Crippen molar-refractivity contribution in [2.75, 3.05) is 31.6 Å². The maximum atomic E-state index is 11.3. The molecule has 5 nitrogen and oxygen atoms in total. The summed E-state index contributed by atoms with van der Waals surface area (Å²) in [5.41, 5.74) is 2.34. The maximum Gasteiger partial charge on any atom is 0.148 e. The third-order valence-electron chi connectivity index (χ3n) is 4.93. The second-order valence-electron chi connectivity index (χ2n) is 7.26. The van der Waals surface area contributed by atoms with Crippen LogP contribution in [0.15, 0.2) is 40.8 Å². The van der Waals surface area contributed by atoms with Crippen molar-refractivity contribution < 1.29 is 12.8 Å². The van der Waals surface area contributed by atoms with Gasteiger partial charge >= 0.3 is 0 Å². The SMILES string of the molecule is Cc1ccc(-c2ccc(CNC3CCN(CCS(C)(=O)=O)CC3)o2)cc1. The Kier molecular flexibility index (Phi) is 6.16. The predicted octanol–water partition coefficient (Wildman–Crippen LogP) is 2.85. The molecule has 1 saturated heterocycles. The van der Waals surface area contributed by atoms with Crippen LogP contribution in [0.4, 0.5) is 0 Å². The molecule has 1 aromatic carbocycles. The van der Waals surface area contributed by atoms with Gasteiger partial charge in [0.1, 0.15) is 21.4 Å². The van der Waals surface area contributed by atoms with Crippen LogP contribution in [-0.2, 0) is 16.4 Å². The molecule has 0 aliphatic carbocycles. The van der Waals surface area contributed by atoms with E-state index >= 15 is 0 Å². The lowest BCUT2D eigenvalue weighted by molar-refractivity contribution is 0.205. The molecule has 0 saturated carbocycles. The summed E-state index contributed by atoms with van der Waals surface area (Å²) in [5.74, 6) is 2.09. The van der Waals surface area contributed by atoms with E-state index in [4.69, 9.17) is 4.42 Å². The van der Waals surface area contributed by atoms with Crippen LogP contribution in [0, 0.1) is 6.92 Å². The van der Waals surface area contributed by atoms with Gasteiger partial charge in [0, 0.05) is 24.4 Å². The van der Waals surface area contributed by atoms with E-state index in [9.17, 15) is 8.42 Å². The monoisotopic (exact) mass is 376 g/mol. The first-order valence-corrected chi connectivity index (χ1v) is 11.2. The van der Waals surface area contributed by atoms with Crippen LogP contribution < -0.4 is 5.32 Å². The Morgan fingerprint density at radius 1 is 1.12 bits per heavy atom.